The molecule has 3 N–H and O–H groups in total. The molecule has 0 aromatic heterocycles. The van der Waals surface area contributed by atoms with Gasteiger partial charge in [0.1, 0.15) is 0 Å². The van der Waals surface area contributed by atoms with Crippen molar-refractivity contribution in [2.24, 2.45) is 0 Å². The lowest BCUT2D eigenvalue weighted by molar-refractivity contribution is -0.0340. The van der Waals surface area contributed by atoms with Crippen molar-refractivity contribution in [2.45, 2.75) is 49.4 Å². The quantitative estimate of drug-likeness (QED) is 0.532. The van der Waals surface area contributed by atoms with Gasteiger partial charge in [-0.15, -0.1) is 0 Å². The second-order valence-electron chi connectivity index (χ2n) is 4.05. The zero-order valence-corrected chi connectivity index (χ0v) is 6.45. The molecule has 3 heteroatoms. The summed E-state index contributed by atoms with van der Waals surface area (Å²) in [5.41, 5.74) is -1.49. The summed E-state index contributed by atoms with van der Waals surface area (Å²) in [7, 11) is 0. The molecule has 1 unspecified atom stereocenters. The van der Waals surface area contributed by atoms with Crippen LogP contribution in [0.4, 0.5) is 0 Å². The molecule has 2 aliphatic rings. The van der Waals surface area contributed by atoms with Gasteiger partial charge in [0.2, 0.25) is 0 Å². The average molecular weight is 158 g/mol. The molecule has 0 amide bonds. The normalized spacial score (nSPS) is 33.0. The molecule has 2 rings (SSSR count). The number of rotatable bonds is 3. The second-order valence-corrected chi connectivity index (χ2v) is 4.05. The van der Waals surface area contributed by atoms with Crippen LogP contribution >= 0.6 is 0 Å². The molecule has 2 saturated carbocycles. The van der Waals surface area contributed by atoms with Gasteiger partial charge in [-0.1, -0.05) is 0 Å². The fourth-order valence-electron chi connectivity index (χ4n) is 1.36. The Morgan fingerprint density at radius 3 is 2.00 bits per heavy atom. The van der Waals surface area contributed by atoms with Crippen molar-refractivity contribution in [1.29, 1.82) is 0 Å². The van der Waals surface area contributed by atoms with Crippen LogP contribution in [0.3, 0.4) is 0 Å². The van der Waals surface area contributed by atoms with E-state index < -0.39 is 17.3 Å². The summed E-state index contributed by atoms with van der Waals surface area (Å²) in [6, 6.07) is 0. The van der Waals surface area contributed by atoms with E-state index in [2.05, 4.69) is 0 Å². The van der Waals surface area contributed by atoms with E-state index >= 15 is 0 Å². The second kappa shape index (κ2) is 1.97. The summed E-state index contributed by atoms with van der Waals surface area (Å²) in [4.78, 5) is 0. The Labute approximate surface area is 65.7 Å². The minimum absolute atomic E-state index is 0.351. The Balaban J connectivity index is 1.86. The molecule has 3 nitrogen and oxygen atoms in total. The van der Waals surface area contributed by atoms with Crippen LogP contribution in [0, 0.1) is 0 Å². The lowest BCUT2D eigenvalue weighted by Crippen LogP contribution is -2.32. The molecule has 0 aliphatic heterocycles. The maximum absolute atomic E-state index is 9.43. The predicted octanol–water partition coefficient (Wildman–Crippen LogP) is -0.213. The highest BCUT2D eigenvalue weighted by Crippen LogP contribution is 2.46. The van der Waals surface area contributed by atoms with Gasteiger partial charge in [-0.2, -0.15) is 0 Å². The summed E-state index contributed by atoms with van der Waals surface area (Å²) in [5.74, 6) is 0. The monoisotopic (exact) mass is 158 g/mol. The number of hydrogen-bond donors (Lipinski definition) is 3. The number of hydrogen-bond acceptors (Lipinski definition) is 3. The Morgan fingerprint density at radius 1 is 1.09 bits per heavy atom. The molecule has 11 heavy (non-hydrogen) atoms. The lowest BCUT2D eigenvalue weighted by atomic mass is 10.0. The number of aliphatic hydroxyl groups is 3. The number of aliphatic hydroxyl groups excluding tert-OH is 1. The van der Waals surface area contributed by atoms with Crippen LogP contribution in [0.2, 0.25) is 0 Å². The van der Waals surface area contributed by atoms with Crippen LogP contribution in [-0.2, 0) is 0 Å². The van der Waals surface area contributed by atoms with Crippen molar-refractivity contribution >= 4 is 0 Å². The molecule has 0 heterocycles. The molecule has 0 aromatic carbocycles. The molecule has 2 fully saturated rings. The maximum Gasteiger partial charge on any atom is 0.0908 e. The van der Waals surface area contributed by atoms with Gasteiger partial charge in [-0.05, 0) is 25.7 Å². The van der Waals surface area contributed by atoms with Gasteiger partial charge in [0.25, 0.3) is 0 Å². The molecular weight excluding hydrogens is 144 g/mol. The van der Waals surface area contributed by atoms with Gasteiger partial charge in [-0.3, -0.25) is 0 Å². The van der Waals surface area contributed by atoms with Gasteiger partial charge in [0.05, 0.1) is 17.3 Å². The first kappa shape index (κ1) is 7.53. The van der Waals surface area contributed by atoms with E-state index in [1.54, 1.807) is 0 Å². The Hall–Kier alpha value is -0.120. The third-order valence-electron chi connectivity index (χ3n) is 2.78. The largest absolute Gasteiger partial charge is 0.390 e. The summed E-state index contributed by atoms with van der Waals surface area (Å²) < 4.78 is 0. The van der Waals surface area contributed by atoms with E-state index in [1.165, 1.54) is 0 Å². The molecule has 1 atom stereocenters. The van der Waals surface area contributed by atoms with E-state index in [1.807, 2.05) is 0 Å². The first-order valence-corrected chi connectivity index (χ1v) is 4.17. The molecule has 0 saturated heterocycles. The Morgan fingerprint density at radius 2 is 1.64 bits per heavy atom. The van der Waals surface area contributed by atoms with Crippen LogP contribution in [0.25, 0.3) is 0 Å². The van der Waals surface area contributed by atoms with E-state index in [0.717, 1.165) is 12.8 Å². The molecule has 0 spiro atoms. The van der Waals surface area contributed by atoms with Crippen molar-refractivity contribution in [2.75, 3.05) is 0 Å². The van der Waals surface area contributed by atoms with E-state index in [4.69, 9.17) is 0 Å². The Bertz CT molecular complexity index is 170. The maximum atomic E-state index is 9.43. The molecular formula is C8H14O3. The lowest BCUT2D eigenvalue weighted by Gasteiger charge is -2.19. The van der Waals surface area contributed by atoms with Gasteiger partial charge in [-0.25, -0.2) is 0 Å². The van der Waals surface area contributed by atoms with Crippen molar-refractivity contribution in [3.63, 3.8) is 0 Å². The van der Waals surface area contributed by atoms with E-state index in [-0.39, 0.29) is 0 Å². The Kier molecular flexibility index (Phi) is 1.35. The smallest absolute Gasteiger partial charge is 0.0908 e. The first-order chi connectivity index (χ1) is 5.04. The van der Waals surface area contributed by atoms with Crippen molar-refractivity contribution < 1.29 is 15.3 Å². The van der Waals surface area contributed by atoms with E-state index in [0.29, 0.717) is 19.3 Å². The van der Waals surface area contributed by atoms with Crippen molar-refractivity contribution in [1.82, 2.24) is 0 Å². The van der Waals surface area contributed by atoms with Crippen LogP contribution in [0.5, 0.6) is 0 Å². The molecule has 64 valence electrons. The molecule has 0 radical (unpaired) electrons. The van der Waals surface area contributed by atoms with E-state index in [9.17, 15) is 15.3 Å². The van der Waals surface area contributed by atoms with Crippen LogP contribution in [0.1, 0.15) is 32.1 Å². The molecule has 0 aromatic rings. The van der Waals surface area contributed by atoms with Crippen molar-refractivity contribution in [3.8, 4) is 0 Å². The topological polar surface area (TPSA) is 60.7 Å². The summed E-state index contributed by atoms with van der Waals surface area (Å²) >= 11 is 0. The van der Waals surface area contributed by atoms with Gasteiger partial charge in [0, 0.05) is 6.42 Å². The standard InChI is InChI=1S/C8H14O3/c9-6(8(11)3-4-8)5-7(10)1-2-7/h6,9-11H,1-5H2. The minimum atomic E-state index is -0.849. The zero-order valence-electron chi connectivity index (χ0n) is 6.45. The fourth-order valence-corrected chi connectivity index (χ4v) is 1.36. The van der Waals surface area contributed by atoms with Crippen LogP contribution in [-0.4, -0.2) is 32.6 Å². The summed E-state index contributed by atoms with van der Waals surface area (Å²) in [6.45, 7) is 0. The summed E-state index contributed by atoms with van der Waals surface area (Å²) in [5, 5.41) is 28.3. The van der Waals surface area contributed by atoms with Gasteiger partial charge < -0.3 is 15.3 Å². The SMILES string of the molecule is OC(CC1(O)CC1)C1(O)CC1. The molecule has 2 aliphatic carbocycles. The van der Waals surface area contributed by atoms with Gasteiger partial charge in [0.15, 0.2) is 0 Å². The predicted molar refractivity (Wildman–Crippen MR) is 39.0 cm³/mol. The molecule has 0 bridgehead atoms. The third kappa shape index (κ3) is 1.41. The third-order valence-corrected chi connectivity index (χ3v) is 2.78. The van der Waals surface area contributed by atoms with Crippen LogP contribution < -0.4 is 0 Å². The highest BCUT2D eigenvalue weighted by Gasteiger charge is 2.52. The summed E-state index contributed by atoms with van der Waals surface area (Å²) in [6.07, 6.45) is 2.56. The van der Waals surface area contributed by atoms with Gasteiger partial charge >= 0.3 is 0 Å². The zero-order chi connectivity index (χ0) is 8.11. The average Bonchev–Trinajstić information content (AvgIpc) is 2.75. The fraction of sp³-hybridized carbons (Fsp3) is 1.00. The first-order valence-electron chi connectivity index (χ1n) is 4.17. The van der Waals surface area contributed by atoms with Crippen molar-refractivity contribution in [3.05, 3.63) is 0 Å². The van der Waals surface area contributed by atoms with Crippen LogP contribution in [0.15, 0.2) is 0 Å². The highest BCUT2D eigenvalue weighted by molar-refractivity contribution is 5.05. The highest BCUT2D eigenvalue weighted by atomic mass is 16.4. The minimum Gasteiger partial charge on any atom is -0.390 e.